The Morgan fingerprint density at radius 1 is 1.53 bits per heavy atom. The largest absolute Gasteiger partial charge is 0.242 e. The molecule has 1 aliphatic rings. The minimum absolute atomic E-state index is 0.611. The van der Waals surface area contributed by atoms with Gasteiger partial charge in [-0.2, -0.15) is 5.10 Å². The average Bonchev–Trinajstić information content (AvgIpc) is 3.23. The Labute approximate surface area is 121 Å². The third-order valence-corrected chi connectivity index (χ3v) is 3.85. The molecule has 0 amide bonds. The molecular weight excluding hydrogens is 254 g/mol. The first-order valence-electron chi connectivity index (χ1n) is 7.09. The van der Waals surface area contributed by atoms with Gasteiger partial charge in [0, 0.05) is 23.4 Å². The number of hydrogen-bond donors (Lipinski definition) is 0. The van der Waals surface area contributed by atoms with E-state index in [0.29, 0.717) is 5.92 Å². The third-order valence-electron chi connectivity index (χ3n) is 2.90. The van der Waals surface area contributed by atoms with E-state index < -0.39 is 0 Å². The Morgan fingerprint density at radius 2 is 2.16 bits per heavy atom. The van der Waals surface area contributed by atoms with E-state index in [2.05, 4.69) is 30.5 Å². The Balaban J connectivity index is 0.000000861. The van der Waals surface area contributed by atoms with Gasteiger partial charge in [-0.25, -0.2) is 9.67 Å². The van der Waals surface area contributed by atoms with Crippen molar-refractivity contribution in [3.8, 4) is 0 Å². The van der Waals surface area contributed by atoms with E-state index in [1.165, 1.54) is 12.8 Å². The first-order valence-corrected chi connectivity index (χ1v) is 8.07. The summed E-state index contributed by atoms with van der Waals surface area (Å²) in [5.74, 6) is 2.59. The summed E-state index contributed by atoms with van der Waals surface area (Å²) in [5, 5.41) is 5.72. The molecule has 1 fully saturated rings. The van der Waals surface area contributed by atoms with E-state index in [-0.39, 0.29) is 0 Å². The molecular formula is C15H25N3S. The molecule has 1 saturated carbocycles. The summed E-state index contributed by atoms with van der Waals surface area (Å²) in [6.07, 6.45) is 4.30. The van der Waals surface area contributed by atoms with E-state index in [1.54, 1.807) is 11.8 Å². The lowest BCUT2D eigenvalue weighted by Crippen LogP contribution is -1.99. The molecule has 0 bridgehead atoms. The van der Waals surface area contributed by atoms with Crippen LogP contribution in [0.3, 0.4) is 0 Å². The van der Waals surface area contributed by atoms with Crippen molar-refractivity contribution in [3.63, 3.8) is 0 Å². The van der Waals surface area contributed by atoms with Crippen molar-refractivity contribution in [2.75, 3.05) is 5.75 Å². The summed E-state index contributed by atoms with van der Waals surface area (Å²) in [4.78, 5) is 4.44. The van der Waals surface area contributed by atoms with Crippen LogP contribution < -0.4 is 0 Å². The highest BCUT2D eigenvalue weighted by atomic mass is 32.2. The van der Waals surface area contributed by atoms with Gasteiger partial charge in [0.15, 0.2) is 5.82 Å². The van der Waals surface area contributed by atoms with Crippen LogP contribution in [0.25, 0.3) is 5.70 Å². The summed E-state index contributed by atoms with van der Waals surface area (Å²) in [6, 6.07) is 0. The summed E-state index contributed by atoms with van der Waals surface area (Å²) >= 11 is 1.77. The smallest absolute Gasteiger partial charge is 0.158 e. The van der Waals surface area contributed by atoms with Gasteiger partial charge < -0.3 is 0 Å². The van der Waals surface area contributed by atoms with Gasteiger partial charge in [-0.15, -0.1) is 11.8 Å². The first-order chi connectivity index (χ1) is 9.19. The highest BCUT2D eigenvalue weighted by Crippen LogP contribution is 2.41. The summed E-state index contributed by atoms with van der Waals surface area (Å²) in [6.45, 7) is 14.3. The molecule has 1 aliphatic carbocycles. The fourth-order valence-corrected chi connectivity index (χ4v) is 2.53. The Kier molecular flexibility index (Phi) is 6.35. The molecule has 2 rings (SSSR count). The van der Waals surface area contributed by atoms with Gasteiger partial charge in [0.2, 0.25) is 0 Å². The van der Waals surface area contributed by atoms with Gasteiger partial charge in [0.05, 0.1) is 0 Å². The molecule has 3 nitrogen and oxygen atoms in total. The van der Waals surface area contributed by atoms with Gasteiger partial charge in [-0.1, -0.05) is 27.4 Å². The maximum atomic E-state index is 4.65. The van der Waals surface area contributed by atoms with Crippen molar-refractivity contribution in [1.82, 2.24) is 9.78 Å². The van der Waals surface area contributed by atoms with Crippen molar-refractivity contribution in [1.29, 1.82) is 0 Å². The van der Waals surface area contributed by atoms with Crippen molar-refractivity contribution in [3.05, 3.63) is 12.1 Å². The van der Waals surface area contributed by atoms with Gasteiger partial charge in [0.25, 0.3) is 0 Å². The molecule has 0 radical (unpaired) electrons. The number of aromatic nitrogens is 2. The van der Waals surface area contributed by atoms with E-state index in [4.69, 9.17) is 0 Å². The van der Waals surface area contributed by atoms with Crippen LogP contribution in [0.15, 0.2) is 16.6 Å². The molecule has 4 heteroatoms. The lowest BCUT2D eigenvalue weighted by molar-refractivity contribution is 0.812. The average molecular weight is 279 g/mol. The quantitative estimate of drug-likeness (QED) is 0.565. The lowest BCUT2D eigenvalue weighted by atomic mass is 10.3. The normalized spacial score (nSPS) is 14.4. The van der Waals surface area contributed by atoms with Crippen LogP contribution in [0.2, 0.25) is 0 Å². The van der Waals surface area contributed by atoms with Gasteiger partial charge in [-0.3, -0.25) is 0 Å². The van der Waals surface area contributed by atoms with Crippen LogP contribution in [-0.4, -0.2) is 21.7 Å². The van der Waals surface area contributed by atoms with E-state index in [0.717, 1.165) is 27.9 Å². The molecule has 0 aromatic carbocycles. The van der Waals surface area contributed by atoms with E-state index >= 15 is 0 Å². The molecule has 106 valence electrons. The zero-order chi connectivity index (χ0) is 14.4. The molecule has 1 heterocycles. The summed E-state index contributed by atoms with van der Waals surface area (Å²) in [5.41, 5.74) is 2.26. The molecule has 19 heavy (non-hydrogen) atoms. The predicted octanol–water partition coefficient (Wildman–Crippen LogP) is 4.93. The van der Waals surface area contributed by atoms with Crippen LogP contribution in [0.4, 0.5) is 5.82 Å². The number of nitrogens with zero attached hydrogens (tertiary/aromatic N) is 3. The van der Waals surface area contributed by atoms with Crippen molar-refractivity contribution < 1.29 is 0 Å². The topological polar surface area (TPSA) is 30.2 Å². The van der Waals surface area contributed by atoms with Crippen molar-refractivity contribution in [2.24, 2.45) is 10.9 Å². The zero-order valence-corrected chi connectivity index (χ0v) is 13.5. The molecule has 1 aromatic heterocycles. The maximum Gasteiger partial charge on any atom is 0.158 e. The minimum atomic E-state index is 0.611. The molecule has 0 N–H and O–H groups in total. The SMILES string of the molecule is C=C(C1CC1)n1nc(SCC)c(C)c1/N=C\C.CC. The van der Waals surface area contributed by atoms with Crippen LogP contribution in [0, 0.1) is 12.8 Å². The fourth-order valence-electron chi connectivity index (χ4n) is 1.81. The van der Waals surface area contributed by atoms with Crippen molar-refractivity contribution >= 4 is 29.5 Å². The van der Waals surface area contributed by atoms with Crippen LogP contribution >= 0.6 is 11.8 Å². The highest BCUT2D eigenvalue weighted by Gasteiger charge is 2.28. The second-order valence-electron chi connectivity index (χ2n) is 4.25. The number of rotatable bonds is 5. The molecule has 0 saturated heterocycles. The summed E-state index contributed by atoms with van der Waals surface area (Å²) in [7, 11) is 0. The molecule has 0 unspecified atom stereocenters. The second kappa shape index (κ2) is 7.53. The van der Waals surface area contributed by atoms with Crippen molar-refractivity contribution in [2.45, 2.75) is 52.5 Å². The monoisotopic (exact) mass is 279 g/mol. The second-order valence-corrected chi connectivity index (χ2v) is 5.50. The van der Waals surface area contributed by atoms with Gasteiger partial charge in [0.1, 0.15) is 5.03 Å². The zero-order valence-electron chi connectivity index (χ0n) is 12.7. The van der Waals surface area contributed by atoms with Crippen LogP contribution in [0.5, 0.6) is 0 Å². The molecule has 0 aliphatic heterocycles. The predicted molar refractivity (Wildman–Crippen MR) is 86.6 cm³/mol. The minimum Gasteiger partial charge on any atom is -0.242 e. The Hall–Kier alpha value is -1.03. The fraction of sp³-hybridized carbons (Fsp3) is 0.600. The Morgan fingerprint density at radius 3 is 2.63 bits per heavy atom. The highest BCUT2D eigenvalue weighted by molar-refractivity contribution is 7.99. The van der Waals surface area contributed by atoms with Crippen LogP contribution in [0.1, 0.15) is 46.1 Å². The third kappa shape index (κ3) is 3.72. The standard InChI is InChI=1S/C13H19N3S.C2H6/c1-5-14-12-9(3)13(17-6-2)15-16(12)10(4)11-7-8-11;1-2/h5,11H,4,6-8H2,1-3H3;1-2H3/b14-5-;. The number of allylic oxidation sites excluding steroid dienone is 1. The lowest BCUT2D eigenvalue weighted by Gasteiger charge is -2.05. The summed E-state index contributed by atoms with van der Waals surface area (Å²) < 4.78 is 1.94. The first kappa shape index (κ1) is 16.0. The van der Waals surface area contributed by atoms with E-state index in [9.17, 15) is 0 Å². The van der Waals surface area contributed by atoms with Gasteiger partial charge in [-0.05, 0) is 32.4 Å². The number of hydrogen-bond acceptors (Lipinski definition) is 3. The molecule has 0 atom stereocenters. The number of aliphatic imine (C=N–C) groups is 1. The number of thioether (sulfide) groups is 1. The Bertz CT molecular complexity index is 456. The van der Waals surface area contributed by atoms with Crippen LogP contribution in [-0.2, 0) is 0 Å². The molecule has 0 spiro atoms. The molecule has 1 aromatic rings. The van der Waals surface area contributed by atoms with E-state index in [1.807, 2.05) is 31.7 Å². The van der Waals surface area contributed by atoms with Gasteiger partial charge >= 0.3 is 0 Å². The maximum absolute atomic E-state index is 4.65.